The van der Waals surface area contributed by atoms with E-state index >= 15 is 0 Å². The van der Waals surface area contributed by atoms with Crippen LogP contribution in [0.1, 0.15) is 12.5 Å². The number of hydrogen-bond acceptors (Lipinski definition) is 4. The van der Waals surface area contributed by atoms with Crippen LogP contribution in [0, 0.1) is 19.0 Å². The minimum atomic E-state index is -2.32. The molecule has 0 aliphatic carbocycles. The topological polar surface area (TPSA) is 51.8 Å². The number of nitrogens with zero attached hydrogens (tertiary/aromatic N) is 3. The van der Waals surface area contributed by atoms with Gasteiger partial charge in [-0.3, -0.25) is 0 Å². The fourth-order valence-corrected chi connectivity index (χ4v) is 3.29. The van der Waals surface area contributed by atoms with Crippen molar-refractivity contribution in [2.24, 2.45) is 0 Å². The summed E-state index contributed by atoms with van der Waals surface area (Å²) >= 11 is 0. The molecular formula is C28H19IrN3O-2. The van der Waals surface area contributed by atoms with Gasteiger partial charge in [-0.05, 0) is 42.5 Å². The zero-order valence-electron chi connectivity index (χ0n) is 22.2. The molecule has 6 rings (SSSR count). The van der Waals surface area contributed by atoms with Gasteiger partial charge in [0, 0.05) is 47.7 Å². The molecule has 0 atom stereocenters. The monoisotopic (exact) mass is 611 g/mol. The van der Waals surface area contributed by atoms with Crippen molar-refractivity contribution in [3.05, 3.63) is 115 Å². The molecule has 4 heterocycles. The fraction of sp³-hybridized carbons (Fsp3) is 0.0357. The van der Waals surface area contributed by atoms with Crippen LogP contribution in [0.25, 0.3) is 44.6 Å². The van der Waals surface area contributed by atoms with E-state index in [0.717, 1.165) is 16.6 Å². The Kier molecular flexibility index (Phi) is 5.28. The number of benzene rings is 2. The molecule has 0 bridgehead atoms. The van der Waals surface area contributed by atoms with Crippen LogP contribution in [-0.4, -0.2) is 15.0 Å². The molecule has 4 nitrogen and oxygen atoms in total. The van der Waals surface area contributed by atoms with E-state index in [-0.39, 0.29) is 49.3 Å². The smallest absolute Gasteiger partial charge is 0.216 e. The number of rotatable bonds is 2. The zero-order chi connectivity index (χ0) is 26.0. The third kappa shape index (κ3) is 4.90. The Labute approximate surface area is 212 Å². The second-order valence-corrected chi connectivity index (χ2v) is 6.80. The first-order valence-electron chi connectivity index (χ1n) is 12.4. The van der Waals surface area contributed by atoms with Crippen molar-refractivity contribution in [2.75, 3.05) is 0 Å². The second-order valence-electron chi connectivity index (χ2n) is 6.80. The zero-order valence-corrected chi connectivity index (χ0v) is 19.6. The number of fused-ring (bicyclic) bond motifs is 3. The first-order chi connectivity index (χ1) is 17.8. The fourth-order valence-electron chi connectivity index (χ4n) is 3.29. The quantitative estimate of drug-likeness (QED) is 0.205. The van der Waals surface area contributed by atoms with Crippen molar-refractivity contribution in [2.45, 2.75) is 6.85 Å². The summed E-state index contributed by atoms with van der Waals surface area (Å²) < 4.78 is 44.1. The summed E-state index contributed by atoms with van der Waals surface area (Å²) in [5, 5.41) is 1.40. The molecular weight excluding hydrogens is 587 g/mol. The van der Waals surface area contributed by atoms with Crippen molar-refractivity contribution >= 4 is 22.1 Å². The largest absolute Gasteiger partial charge is 0.486 e. The van der Waals surface area contributed by atoms with Crippen molar-refractivity contribution in [1.29, 1.82) is 0 Å². The second kappa shape index (κ2) is 10.3. The van der Waals surface area contributed by atoms with E-state index in [1.54, 1.807) is 24.4 Å². The van der Waals surface area contributed by atoms with Gasteiger partial charge in [0.05, 0.1) is 8.32 Å². The molecule has 0 saturated heterocycles. The number of pyridine rings is 3. The number of aryl methyl sites for hydroxylation is 1. The molecule has 33 heavy (non-hydrogen) atoms. The number of hydrogen-bond donors (Lipinski definition) is 0. The Balaban J connectivity index is 0.000000218. The Hall–Kier alpha value is -3.66. The summed E-state index contributed by atoms with van der Waals surface area (Å²) in [7, 11) is 0. The van der Waals surface area contributed by atoms with Crippen molar-refractivity contribution < 1.29 is 31.4 Å². The van der Waals surface area contributed by atoms with E-state index < -0.39 is 6.85 Å². The molecule has 2 aromatic carbocycles. The van der Waals surface area contributed by atoms with Crippen LogP contribution in [-0.2, 0) is 20.1 Å². The minimum absolute atomic E-state index is 0. The van der Waals surface area contributed by atoms with E-state index in [1.807, 2.05) is 42.5 Å². The molecule has 0 aliphatic heterocycles. The van der Waals surface area contributed by atoms with E-state index in [1.165, 1.54) is 18.3 Å². The third-order valence-electron chi connectivity index (χ3n) is 4.74. The van der Waals surface area contributed by atoms with Crippen LogP contribution in [0.5, 0.6) is 0 Å². The third-order valence-corrected chi connectivity index (χ3v) is 4.74. The van der Waals surface area contributed by atoms with Crippen LogP contribution in [0.4, 0.5) is 0 Å². The van der Waals surface area contributed by atoms with Gasteiger partial charge in [0.1, 0.15) is 0 Å². The predicted octanol–water partition coefficient (Wildman–Crippen LogP) is 6.70. The first-order valence-corrected chi connectivity index (χ1v) is 9.88. The van der Waals surface area contributed by atoms with Gasteiger partial charge in [0.25, 0.3) is 0 Å². The molecule has 0 N–H and O–H groups in total. The van der Waals surface area contributed by atoms with Crippen LogP contribution in [0.2, 0.25) is 0 Å². The molecule has 1 radical (unpaired) electrons. The maximum atomic E-state index is 8.06. The molecule has 0 amide bonds. The number of furan rings is 1. The molecule has 0 aliphatic rings. The summed E-state index contributed by atoms with van der Waals surface area (Å²) in [4.78, 5) is 12.5. The average molecular weight is 611 g/mol. The van der Waals surface area contributed by atoms with Crippen molar-refractivity contribution in [3.63, 3.8) is 0 Å². The first kappa shape index (κ1) is 16.9. The summed E-state index contributed by atoms with van der Waals surface area (Å²) in [6.45, 7) is -2.32. The van der Waals surface area contributed by atoms with E-state index in [2.05, 4.69) is 27.1 Å². The summed E-state index contributed by atoms with van der Waals surface area (Å²) in [5.74, 6) is 0. The Bertz CT molecular complexity index is 1650. The summed E-state index contributed by atoms with van der Waals surface area (Å²) in [6, 6.07) is 27.9. The maximum absolute atomic E-state index is 8.06. The average Bonchev–Trinajstić information content (AvgIpc) is 3.30. The van der Waals surface area contributed by atoms with Crippen LogP contribution in [0.3, 0.4) is 0 Å². The van der Waals surface area contributed by atoms with Gasteiger partial charge in [0.15, 0.2) is 0 Å². The Morgan fingerprint density at radius 3 is 2.55 bits per heavy atom. The van der Waals surface area contributed by atoms with Crippen LogP contribution in [0.15, 0.2) is 102 Å². The van der Waals surface area contributed by atoms with Crippen LogP contribution < -0.4 is 0 Å². The van der Waals surface area contributed by atoms with Gasteiger partial charge in [-0.2, -0.15) is 0 Å². The van der Waals surface area contributed by atoms with Gasteiger partial charge in [0.2, 0.25) is 5.71 Å². The van der Waals surface area contributed by atoms with Crippen molar-refractivity contribution in [1.82, 2.24) is 15.0 Å². The van der Waals surface area contributed by atoms with Crippen molar-refractivity contribution in [3.8, 4) is 22.5 Å². The molecule has 0 spiro atoms. The summed E-state index contributed by atoms with van der Waals surface area (Å²) in [6.07, 6.45) is 3.24. The van der Waals surface area contributed by atoms with Gasteiger partial charge in [-0.25, -0.2) is 4.98 Å². The van der Waals surface area contributed by atoms with E-state index in [0.29, 0.717) is 16.5 Å². The van der Waals surface area contributed by atoms with Gasteiger partial charge < -0.3 is 14.4 Å². The van der Waals surface area contributed by atoms with Gasteiger partial charge in [-0.1, -0.05) is 35.2 Å². The maximum Gasteiger partial charge on any atom is 0.216 e. The van der Waals surface area contributed by atoms with E-state index in [4.69, 9.17) is 11.3 Å². The molecule has 5 heteroatoms. The Morgan fingerprint density at radius 2 is 1.73 bits per heavy atom. The van der Waals surface area contributed by atoms with E-state index in [9.17, 15) is 0 Å². The minimum Gasteiger partial charge on any atom is -0.486 e. The van der Waals surface area contributed by atoms with Crippen LogP contribution >= 0.6 is 0 Å². The molecule has 6 aromatic rings. The molecule has 4 aromatic heterocycles. The Morgan fingerprint density at radius 1 is 0.848 bits per heavy atom. The van der Waals surface area contributed by atoms with Gasteiger partial charge >= 0.3 is 0 Å². The molecule has 163 valence electrons. The molecule has 0 saturated carbocycles. The molecule has 0 unspecified atom stereocenters. The standard InChI is InChI=1S/C17H11N2O.C11H8N.Ir/c1-11-8-9-13-12-5-4-6-14(15-7-2-3-10-18-15)16(12)20-17(13)19-11;1-2-6-10(7-3-1)11-8-4-5-9-12-11;/h2-5,7-10H,1H3;1-6,8-9H;/q2*-1;/i1D3,2D,7D;;. The summed E-state index contributed by atoms with van der Waals surface area (Å²) in [5.41, 5.74) is 3.32. The normalized spacial score (nSPS) is 12.9. The number of aromatic nitrogens is 3. The van der Waals surface area contributed by atoms with Gasteiger partial charge in [-0.15, -0.1) is 54.1 Å². The SMILES string of the molecule is [2H]c1ccnc(-c2[c-]ccc3c2oc2nc(C([2H])([2H])[2H])ccc23)c1[2H].[Ir].[c-]1ccccc1-c1ccccn1. The molecule has 0 fully saturated rings. The predicted molar refractivity (Wildman–Crippen MR) is 127 cm³/mol.